The SMILES string of the molecule is COC(=O)[C@H](C[C@H]1CCCC1=O)NC(C)=O. The van der Waals surface area contributed by atoms with Gasteiger partial charge in [0.2, 0.25) is 5.91 Å². The smallest absolute Gasteiger partial charge is 0.328 e. The van der Waals surface area contributed by atoms with Crippen molar-refractivity contribution in [3.05, 3.63) is 0 Å². The Bertz CT molecular complexity index is 300. The van der Waals surface area contributed by atoms with Gasteiger partial charge in [-0.2, -0.15) is 0 Å². The molecule has 1 aliphatic rings. The summed E-state index contributed by atoms with van der Waals surface area (Å²) in [5.74, 6) is -0.717. The Hall–Kier alpha value is -1.39. The fraction of sp³-hybridized carbons (Fsp3) is 0.727. The number of nitrogens with one attached hydrogen (secondary N) is 1. The topological polar surface area (TPSA) is 72.5 Å². The molecule has 0 aliphatic heterocycles. The summed E-state index contributed by atoms with van der Waals surface area (Å²) in [6.45, 7) is 1.34. The van der Waals surface area contributed by atoms with Crippen molar-refractivity contribution in [3.8, 4) is 0 Å². The summed E-state index contributed by atoms with van der Waals surface area (Å²) in [5.41, 5.74) is 0. The number of methoxy groups -OCH3 is 1. The molecule has 1 fully saturated rings. The molecule has 1 aliphatic carbocycles. The predicted octanol–water partition coefficient (Wildman–Crippen LogP) is 0.423. The summed E-state index contributed by atoms with van der Waals surface area (Å²) in [6.07, 6.45) is 2.60. The van der Waals surface area contributed by atoms with Gasteiger partial charge in [-0.05, 0) is 19.3 Å². The first kappa shape index (κ1) is 12.7. The van der Waals surface area contributed by atoms with Crippen LogP contribution in [0.2, 0.25) is 0 Å². The summed E-state index contributed by atoms with van der Waals surface area (Å²) < 4.78 is 4.59. The number of hydrogen-bond acceptors (Lipinski definition) is 4. The molecule has 0 unspecified atom stereocenters. The van der Waals surface area contributed by atoms with Crippen LogP contribution in [0.4, 0.5) is 0 Å². The molecule has 0 aromatic rings. The van der Waals surface area contributed by atoms with Crippen molar-refractivity contribution in [2.45, 2.75) is 38.6 Å². The molecule has 90 valence electrons. The van der Waals surface area contributed by atoms with E-state index < -0.39 is 12.0 Å². The highest BCUT2D eigenvalue weighted by molar-refractivity contribution is 5.86. The lowest BCUT2D eigenvalue weighted by Gasteiger charge is -2.18. The van der Waals surface area contributed by atoms with Crippen LogP contribution in [0.1, 0.15) is 32.6 Å². The zero-order chi connectivity index (χ0) is 12.1. The van der Waals surface area contributed by atoms with Gasteiger partial charge in [0, 0.05) is 19.3 Å². The Morgan fingerprint density at radius 3 is 2.69 bits per heavy atom. The second kappa shape index (κ2) is 5.63. The average Bonchev–Trinajstić information content (AvgIpc) is 2.61. The van der Waals surface area contributed by atoms with Crippen molar-refractivity contribution >= 4 is 17.7 Å². The fourth-order valence-corrected chi connectivity index (χ4v) is 2.02. The van der Waals surface area contributed by atoms with Crippen LogP contribution in [0.3, 0.4) is 0 Å². The summed E-state index contributed by atoms with van der Waals surface area (Å²) in [4.78, 5) is 33.8. The Labute approximate surface area is 94.5 Å². The minimum atomic E-state index is -0.699. The number of hydrogen-bond donors (Lipinski definition) is 1. The van der Waals surface area contributed by atoms with Gasteiger partial charge < -0.3 is 10.1 Å². The van der Waals surface area contributed by atoms with Crippen LogP contribution in [0, 0.1) is 5.92 Å². The second-order valence-corrected chi connectivity index (χ2v) is 4.07. The third-order valence-electron chi connectivity index (χ3n) is 2.81. The lowest BCUT2D eigenvalue weighted by atomic mass is 9.97. The minimum Gasteiger partial charge on any atom is -0.467 e. The van der Waals surface area contributed by atoms with E-state index >= 15 is 0 Å². The first-order chi connectivity index (χ1) is 7.54. The van der Waals surface area contributed by atoms with Crippen molar-refractivity contribution in [3.63, 3.8) is 0 Å². The quantitative estimate of drug-likeness (QED) is 0.707. The molecule has 5 nitrogen and oxygen atoms in total. The van der Waals surface area contributed by atoms with Gasteiger partial charge in [-0.1, -0.05) is 0 Å². The fourth-order valence-electron chi connectivity index (χ4n) is 2.02. The summed E-state index contributed by atoms with van der Waals surface area (Å²) in [5, 5.41) is 2.51. The van der Waals surface area contributed by atoms with E-state index in [9.17, 15) is 14.4 Å². The molecule has 0 saturated heterocycles. The molecule has 1 saturated carbocycles. The lowest BCUT2D eigenvalue weighted by Crippen LogP contribution is -2.42. The van der Waals surface area contributed by atoms with Crippen molar-refractivity contribution < 1.29 is 19.1 Å². The molecule has 0 radical (unpaired) electrons. The average molecular weight is 227 g/mol. The van der Waals surface area contributed by atoms with Gasteiger partial charge in [-0.3, -0.25) is 9.59 Å². The number of ketones is 1. The summed E-state index contributed by atoms with van der Waals surface area (Å²) in [6, 6.07) is -0.699. The maximum atomic E-state index is 11.4. The summed E-state index contributed by atoms with van der Waals surface area (Å²) in [7, 11) is 1.27. The van der Waals surface area contributed by atoms with Crippen molar-refractivity contribution in [1.29, 1.82) is 0 Å². The molecular formula is C11H17NO4. The van der Waals surface area contributed by atoms with Crippen LogP contribution in [0.15, 0.2) is 0 Å². The van der Waals surface area contributed by atoms with E-state index in [0.29, 0.717) is 12.8 Å². The zero-order valence-corrected chi connectivity index (χ0v) is 9.62. The third-order valence-corrected chi connectivity index (χ3v) is 2.81. The van der Waals surface area contributed by atoms with Gasteiger partial charge in [-0.25, -0.2) is 4.79 Å². The standard InChI is InChI=1S/C11H17NO4/c1-7(13)12-9(11(15)16-2)6-8-4-3-5-10(8)14/h8-9H,3-6H2,1-2H3,(H,12,13)/t8-,9+/m1/s1. The van der Waals surface area contributed by atoms with Crippen LogP contribution in [0.5, 0.6) is 0 Å². The molecule has 0 aromatic heterocycles. The van der Waals surface area contributed by atoms with E-state index in [2.05, 4.69) is 10.1 Å². The molecule has 5 heteroatoms. The van der Waals surface area contributed by atoms with Gasteiger partial charge in [0.1, 0.15) is 11.8 Å². The number of ether oxygens (including phenoxy) is 1. The van der Waals surface area contributed by atoms with Crippen LogP contribution in [0.25, 0.3) is 0 Å². The van der Waals surface area contributed by atoms with Crippen molar-refractivity contribution in [2.24, 2.45) is 5.92 Å². The molecule has 2 atom stereocenters. The first-order valence-electron chi connectivity index (χ1n) is 5.42. The Morgan fingerprint density at radius 1 is 1.56 bits per heavy atom. The van der Waals surface area contributed by atoms with Gasteiger partial charge in [0.25, 0.3) is 0 Å². The van der Waals surface area contributed by atoms with E-state index in [-0.39, 0.29) is 17.6 Å². The Morgan fingerprint density at radius 2 is 2.25 bits per heavy atom. The molecule has 1 N–H and O–H groups in total. The molecule has 16 heavy (non-hydrogen) atoms. The normalized spacial score (nSPS) is 21.6. The largest absolute Gasteiger partial charge is 0.467 e. The third kappa shape index (κ3) is 3.32. The van der Waals surface area contributed by atoms with Gasteiger partial charge in [0.15, 0.2) is 0 Å². The van der Waals surface area contributed by atoms with Crippen LogP contribution < -0.4 is 5.32 Å². The van der Waals surface area contributed by atoms with E-state index in [0.717, 1.165) is 12.8 Å². The maximum absolute atomic E-state index is 11.4. The lowest BCUT2D eigenvalue weighted by molar-refractivity contribution is -0.145. The zero-order valence-electron chi connectivity index (χ0n) is 9.62. The minimum absolute atomic E-state index is 0.115. The number of carbonyl (C=O) groups excluding carboxylic acids is 3. The van der Waals surface area contributed by atoms with E-state index in [1.165, 1.54) is 14.0 Å². The Balaban J connectivity index is 2.58. The van der Waals surface area contributed by atoms with Gasteiger partial charge >= 0.3 is 5.97 Å². The molecule has 0 heterocycles. The number of amides is 1. The number of Topliss-reactive ketones (excluding diaryl/α,β-unsaturated/α-hetero) is 1. The first-order valence-corrected chi connectivity index (χ1v) is 5.42. The number of esters is 1. The van der Waals surface area contributed by atoms with Crippen LogP contribution in [-0.2, 0) is 19.1 Å². The molecule has 0 spiro atoms. The van der Waals surface area contributed by atoms with E-state index in [1.54, 1.807) is 0 Å². The Kier molecular flexibility index (Phi) is 4.46. The van der Waals surface area contributed by atoms with Crippen LogP contribution in [-0.4, -0.2) is 30.8 Å². The highest BCUT2D eigenvalue weighted by Crippen LogP contribution is 2.25. The van der Waals surface area contributed by atoms with E-state index in [4.69, 9.17) is 0 Å². The maximum Gasteiger partial charge on any atom is 0.328 e. The van der Waals surface area contributed by atoms with Crippen LogP contribution >= 0.6 is 0 Å². The number of carbonyl (C=O) groups is 3. The highest BCUT2D eigenvalue weighted by Gasteiger charge is 2.31. The van der Waals surface area contributed by atoms with Crippen molar-refractivity contribution in [1.82, 2.24) is 5.32 Å². The number of rotatable bonds is 4. The molecule has 1 rings (SSSR count). The van der Waals surface area contributed by atoms with Gasteiger partial charge in [0.05, 0.1) is 7.11 Å². The molecule has 1 amide bonds. The summed E-state index contributed by atoms with van der Waals surface area (Å²) >= 11 is 0. The monoisotopic (exact) mass is 227 g/mol. The molecule has 0 aromatic carbocycles. The molecule has 0 bridgehead atoms. The highest BCUT2D eigenvalue weighted by atomic mass is 16.5. The van der Waals surface area contributed by atoms with Crippen molar-refractivity contribution in [2.75, 3.05) is 7.11 Å². The van der Waals surface area contributed by atoms with Gasteiger partial charge in [-0.15, -0.1) is 0 Å². The predicted molar refractivity (Wildman–Crippen MR) is 56.6 cm³/mol. The second-order valence-electron chi connectivity index (χ2n) is 4.07. The van der Waals surface area contributed by atoms with E-state index in [1.807, 2.05) is 0 Å². The molecular weight excluding hydrogens is 210 g/mol.